The van der Waals surface area contributed by atoms with Gasteiger partial charge in [-0.15, -0.1) is 11.3 Å². The molecule has 0 bridgehead atoms. The summed E-state index contributed by atoms with van der Waals surface area (Å²) in [5, 5.41) is 15.1. The largest absolute Gasteiger partial charge is 0.480 e. The summed E-state index contributed by atoms with van der Waals surface area (Å²) in [4.78, 5) is 54.4. The van der Waals surface area contributed by atoms with Crippen molar-refractivity contribution in [2.24, 2.45) is 5.92 Å². The number of hydrogen-bond donors (Lipinski definition) is 3. The Labute approximate surface area is 195 Å². The smallest absolute Gasteiger partial charge is 0.413 e. The number of benzene rings is 1. The molecule has 3 atom stereocenters. The maximum absolute atomic E-state index is 12.7. The molecule has 1 aliphatic rings. The Morgan fingerprint density at radius 3 is 2.52 bits per heavy atom. The highest BCUT2D eigenvalue weighted by Crippen LogP contribution is 2.33. The summed E-state index contributed by atoms with van der Waals surface area (Å²) in [6.07, 6.45) is 0.882. The zero-order chi connectivity index (χ0) is 24.3. The quantitative estimate of drug-likeness (QED) is 0.545. The molecular formula is C22H26N4O6S. The van der Waals surface area contributed by atoms with E-state index in [-0.39, 0.29) is 11.6 Å². The number of likely N-dealkylation sites (tertiary alicyclic amines) is 1. The van der Waals surface area contributed by atoms with E-state index in [0.717, 1.165) is 21.8 Å². The Bertz CT molecular complexity index is 1050. The molecule has 1 aliphatic heterocycles. The third-order valence-corrected chi connectivity index (χ3v) is 5.84. The van der Waals surface area contributed by atoms with Crippen molar-refractivity contribution in [1.82, 2.24) is 15.2 Å². The number of anilines is 1. The van der Waals surface area contributed by atoms with Crippen molar-refractivity contribution in [3.05, 3.63) is 47.0 Å². The SMILES string of the molecule is C[C@@H](NC(=O)N1C(=O)[C@H](Cc2cnc(NC(=O)OC(C)(C)C)s2)[C@H]1C(=O)O)c1ccccc1. The summed E-state index contributed by atoms with van der Waals surface area (Å²) in [5.74, 6) is -2.75. The van der Waals surface area contributed by atoms with Gasteiger partial charge in [0.2, 0.25) is 5.91 Å². The Morgan fingerprint density at radius 1 is 1.24 bits per heavy atom. The predicted octanol–water partition coefficient (Wildman–Crippen LogP) is 3.42. The standard InChI is InChI=1S/C22H26N4O6S/c1-12(13-8-6-5-7-9-13)24-20(30)26-16(18(28)29)15(17(26)27)10-14-11-23-19(33-14)25-21(31)32-22(2,3)4/h5-9,11-12,15-16H,10H2,1-4H3,(H,24,30)(H,28,29)(H,23,25,31)/t12-,15-,16+/m1/s1. The molecule has 1 fully saturated rings. The number of rotatable bonds is 6. The van der Waals surface area contributed by atoms with Gasteiger partial charge in [0.15, 0.2) is 11.2 Å². The summed E-state index contributed by atoms with van der Waals surface area (Å²) < 4.78 is 5.17. The molecule has 4 amide bonds. The van der Waals surface area contributed by atoms with E-state index in [1.54, 1.807) is 27.7 Å². The lowest BCUT2D eigenvalue weighted by Gasteiger charge is -2.43. The van der Waals surface area contributed by atoms with Crippen molar-refractivity contribution >= 4 is 40.5 Å². The van der Waals surface area contributed by atoms with Gasteiger partial charge in [-0.2, -0.15) is 0 Å². The number of β-lactam (4-membered cyclic amide) rings is 1. The summed E-state index contributed by atoms with van der Waals surface area (Å²) in [6, 6.07) is 6.70. The van der Waals surface area contributed by atoms with Crippen molar-refractivity contribution in [2.45, 2.75) is 51.8 Å². The maximum atomic E-state index is 12.7. The highest BCUT2D eigenvalue weighted by Gasteiger charge is 2.55. The van der Waals surface area contributed by atoms with Crippen LogP contribution in [0.1, 0.15) is 44.2 Å². The number of thiazole rings is 1. The number of carboxylic acid groups (broad SMARTS) is 1. The van der Waals surface area contributed by atoms with E-state index in [1.165, 1.54) is 6.20 Å². The molecule has 10 nitrogen and oxygen atoms in total. The molecule has 176 valence electrons. The first-order chi connectivity index (χ1) is 15.5. The van der Waals surface area contributed by atoms with Gasteiger partial charge in [0, 0.05) is 11.1 Å². The fraction of sp³-hybridized carbons (Fsp3) is 0.409. The van der Waals surface area contributed by atoms with Gasteiger partial charge >= 0.3 is 18.1 Å². The van der Waals surface area contributed by atoms with Gasteiger partial charge in [-0.05, 0) is 39.7 Å². The van der Waals surface area contributed by atoms with E-state index in [2.05, 4.69) is 15.6 Å². The Morgan fingerprint density at radius 2 is 1.91 bits per heavy atom. The van der Waals surface area contributed by atoms with Crippen molar-refractivity contribution in [3.8, 4) is 0 Å². The second-order valence-electron chi connectivity index (χ2n) is 8.64. The van der Waals surface area contributed by atoms with E-state index in [9.17, 15) is 24.3 Å². The van der Waals surface area contributed by atoms with Crippen LogP contribution in [0.3, 0.4) is 0 Å². The molecule has 0 spiro atoms. The fourth-order valence-corrected chi connectivity index (χ4v) is 4.26. The van der Waals surface area contributed by atoms with Gasteiger partial charge < -0.3 is 15.2 Å². The van der Waals surface area contributed by atoms with Crippen LogP contribution in [0, 0.1) is 5.92 Å². The van der Waals surface area contributed by atoms with Crippen LogP contribution in [-0.4, -0.2) is 50.6 Å². The summed E-state index contributed by atoms with van der Waals surface area (Å²) >= 11 is 1.11. The van der Waals surface area contributed by atoms with Crippen LogP contribution in [0.5, 0.6) is 0 Å². The van der Waals surface area contributed by atoms with Crippen LogP contribution in [0.25, 0.3) is 0 Å². The molecule has 3 rings (SSSR count). The summed E-state index contributed by atoms with van der Waals surface area (Å²) in [6.45, 7) is 6.95. The van der Waals surface area contributed by atoms with Crippen LogP contribution in [0.4, 0.5) is 14.7 Å². The third-order valence-electron chi connectivity index (χ3n) is 4.91. The molecule has 33 heavy (non-hydrogen) atoms. The van der Waals surface area contributed by atoms with E-state index in [0.29, 0.717) is 4.88 Å². The minimum Gasteiger partial charge on any atom is -0.480 e. The minimum absolute atomic E-state index is 0.0848. The monoisotopic (exact) mass is 474 g/mol. The lowest BCUT2D eigenvalue weighted by molar-refractivity contribution is -0.165. The fourth-order valence-electron chi connectivity index (χ4n) is 3.40. The first-order valence-electron chi connectivity index (χ1n) is 10.3. The number of nitrogens with one attached hydrogen (secondary N) is 2. The molecule has 2 aromatic rings. The maximum Gasteiger partial charge on any atom is 0.413 e. The number of urea groups is 1. The highest BCUT2D eigenvalue weighted by atomic mass is 32.1. The molecule has 0 saturated carbocycles. The van der Waals surface area contributed by atoms with E-state index in [1.807, 2.05) is 30.3 Å². The molecule has 0 radical (unpaired) electrons. The first kappa shape index (κ1) is 24.2. The Kier molecular flexibility index (Phi) is 7.01. The lowest BCUT2D eigenvalue weighted by atomic mass is 9.84. The van der Waals surface area contributed by atoms with Gasteiger partial charge in [0.25, 0.3) is 0 Å². The number of aromatic nitrogens is 1. The normalized spacial score (nSPS) is 18.8. The van der Waals surface area contributed by atoms with Gasteiger partial charge in [0.1, 0.15) is 5.60 Å². The van der Waals surface area contributed by atoms with Crippen molar-refractivity contribution in [1.29, 1.82) is 0 Å². The van der Waals surface area contributed by atoms with Gasteiger partial charge in [-0.25, -0.2) is 24.3 Å². The van der Waals surface area contributed by atoms with Crippen LogP contribution in [0.15, 0.2) is 36.5 Å². The van der Waals surface area contributed by atoms with Crippen molar-refractivity contribution in [3.63, 3.8) is 0 Å². The second kappa shape index (κ2) is 9.57. The van der Waals surface area contributed by atoms with Gasteiger partial charge in [0.05, 0.1) is 12.0 Å². The second-order valence-corrected chi connectivity index (χ2v) is 9.76. The summed E-state index contributed by atoms with van der Waals surface area (Å²) in [5.41, 5.74) is 0.163. The zero-order valence-corrected chi connectivity index (χ0v) is 19.5. The number of carbonyl (C=O) groups excluding carboxylic acids is 3. The predicted molar refractivity (Wildman–Crippen MR) is 121 cm³/mol. The molecule has 2 heterocycles. The number of aliphatic carboxylic acids is 1. The van der Waals surface area contributed by atoms with Gasteiger partial charge in [-0.1, -0.05) is 30.3 Å². The molecule has 1 saturated heterocycles. The van der Waals surface area contributed by atoms with Crippen molar-refractivity contribution in [2.75, 3.05) is 5.32 Å². The first-order valence-corrected chi connectivity index (χ1v) is 11.1. The molecule has 0 aliphatic carbocycles. The average Bonchev–Trinajstić information content (AvgIpc) is 3.15. The van der Waals surface area contributed by atoms with E-state index in [4.69, 9.17) is 4.74 Å². The van der Waals surface area contributed by atoms with Crippen LogP contribution < -0.4 is 10.6 Å². The number of nitrogens with zero attached hydrogens (tertiary/aromatic N) is 2. The lowest BCUT2D eigenvalue weighted by Crippen LogP contribution is -2.68. The Balaban J connectivity index is 1.63. The molecule has 11 heteroatoms. The van der Waals surface area contributed by atoms with Crippen LogP contribution >= 0.6 is 11.3 Å². The molecule has 3 N–H and O–H groups in total. The van der Waals surface area contributed by atoms with Crippen LogP contribution in [0.2, 0.25) is 0 Å². The van der Waals surface area contributed by atoms with E-state index >= 15 is 0 Å². The average molecular weight is 475 g/mol. The topological polar surface area (TPSA) is 138 Å². The zero-order valence-electron chi connectivity index (χ0n) is 18.7. The molecule has 0 unspecified atom stereocenters. The van der Waals surface area contributed by atoms with Crippen molar-refractivity contribution < 1.29 is 29.0 Å². The third kappa shape index (κ3) is 5.86. The number of imide groups is 1. The number of carbonyl (C=O) groups is 4. The number of hydrogen-bond acceptors (Lipinski definition) is 7. The number of amides is 4. The summed E-state index contributed by atoms with van der Waals surface area (Å²) in [7, 11) is 0. The molecule has 1 aromatic carbocycles. The highest BCUT2D eigenvalue weighted by molar-refractivity contribution is 7.15. The molecule has 1 aromatic heterocycles. The van der Waals surface area contributed by atoms with Gasteiger partial charge in [-0.3, -0.25) is 10.1 Å². The minimum atomic E-state index is -1.29. The van der Waals surface area contributed by atoms with Crippen LogP contribution in [-0.2, 0) is 20.7 Å². The Hall–Kier alpha value is -3.47. The number of carboxylic acids is 1. The van der Waals surface area contributed by atoms with E-state index < -0.39 is 47.6 Å². The molecular weight excluding hydrogens is 448 g/mol. The number of ether oxygens (including phenoxy) is 1.